The molecule has 3 nitrogen and oxygen atoms in total. The predicted octanol–water partition coefficient (Wildman–Crippen LogP) is 3.57. The largest absolute Gasteiger partial charge is 0.347 e. The van der Waals surface area contributed by atoms with E-state index < -0.39 is 0 Å². The number of carbonyl (C=O) groups excluding carboxylic acids is 1. The van der Waals surface area contributed by atoms with Crippen molar-refractivity contribution in [2.75, 3.05) is 6.54 Å². The van der Waals surface area contributed by atoms with E-state index in [1.807, 2.05) is 38.1 Å². The van der Waals surface area contributed by atoms with Gasteiger partial charge in [-0.1, -0.05) is 35.0 Å². The van der Waals surface area contributed by atoms with E-state index in [2.05, 4.69) is 28.2 Å². The van der Waals surface area contributed by atoms with E-state index in [1.54, 1.807) is 0 Å². The Morgan fingerprint density at radius 2 is 1.90 bits per heavy atom. The van der Waals surface area contributed by atoms with Gasteiger partial charge in [0.25, 0.3) is 0 Å². The zero-order valence-electron chi connectivity index (χ0n) is 12.6. The second kappa shape index (κ2) is 7.79. The number of carbonyl (C=O) groups is 1. The lowest BCUT2D eigenvalue weighted by molar-refractivity contribution is -0.123. The van der Waals surface area contributed by atoms with Crippen LogP contribution in [0.3, 0.4) is 0 Å². The molecular formula is C16H25BrN2O. The Hall–Kier alpha value is -0.870. The summed E-state index contributed by atoms with van der Waals surface area (Å²) in [5.41, 5.74) is 6.27. The quantitative estimate of drug-likeness (QED) is 0.797. The van der Waals surface area contributed by atoms with Gasteiger partial charge in [0, 0.05) is 10.9 Å². The predicted molar refractivity (Wildman–Crippen MR) is 87.4 cm³/mol. The van der Waals surface area contributed by atoms with Crippen LogP contribution >= 0.6 is 15.9 Å². The van der Waals surface area contributed by atoms with Gasteiger partial charge in [-0.05, 0) is 56.8 Å². The fourth-order valence-corrected chi connectivity index (χ4v) is 2.42. The maximum Gasteiger partial charge on any atom is 0.220 e. The first kappa shape index (κ1) is 17.2. The molecule has 0 saturated carbocycles. The first-order chi connectivity index (χ1) is 9.35. The van der Waals surface area contributed by atoms with Gasteiger partial charge < -0.3 is 11.1 Å². The van der Waals surface area contributed by atoms with Gasteiger partial charge in [0.05, 0.1) is 5.54 Å². The molecule has 0 aliphatic carbocycles. The van der Waals surface area contributed by atoms with Gasteiger partial charge in [-0.3, -0.25) is 4.79 Å². The van der Waals surface area contributed by atoms with Crippen LogP contribution in [0.1, 0.15) is 45.6 Å². The first-order valence-corrected chi connectivity index (χ1v) is 7.91. The molecule has 0 fully saturated rings. The van der Waals surface area contributed by atoms with Gasteiger partial charge in [0.15, 0.2) is 0 Å². The fraction of sp³-hybridized carbons (Fsp3) is 0.562. The molecule has 1 amide bonds. The normalized spacial score (nSPS) is 13.1. The number of nitrogens with two attached hydrogens (primary N) is 1. The summed E-state index contributed by atoms with van der Waals surface area (Å²) in [5, 5.41) is 3.10. The van der Waals surface area contributed by atoms with E-state index in [0.29, 0.717) is 18.9 Å². The molecule has 1 aromatic rings. The van der Waals surface area contributed by atoms with E-state index in [4.69, 9.17) is 5.73 Å². The second-order valence-corrected chi connectivity index (χ2v) is 6.82. The van der Waals surface area contributed by atoms with Gasteiger partial charge in [-0.2, -0.15) is 0 Å². The number of benzene rings is 1. The first-order valence-electron chi connectivity index (χ1n) is 7.12. The van der Waals surface area contributed by atoms with Crippen LogP contribution in [0.15, 0.2) is 28.7 Å². The molecule has 0 saturated heterocycles. The molecule has 4 heteroatoms. The minimum absolute atomic E-state index is 0.0989. The standard InChI is InChI=1S/C16H25BrN2O/c1-12(10-11-18)4-9-15(20)19-16(2,3)13-5-7-14(17)8-6-13/h5-8,12H,4,9-11,18H2,1-3H3,(H,19,20). The van der Waals surface area contributed by atoms with Crippen molar-refractivity contribution in [3.63, 3.8) is 0 Å². The molecule has 0 spiro atoms. The van der Waals surface area contributed by atoms with E-state index in [-0.39, 0.29) is 11.4 Å². The highest BCUT2D eigenvalue weighted by atomic mass is 79.9. The fourth-order valence-electron chi connectivity index (χ4n) is 2.16. The summed E-state index contributed by atoms with van der Waals surface area (Å²) in [6.07, 6.45) is 2.42. The number of hydrogen-bond acceptors (Lipinski definition) is 2. The smallest absolute Gasteiger partial charge is 0.220 e. The summed E-state index contributed by atoms with van der Waals surface area (Å²) in [6.45, 7) is 6.88. The topological polar surface area (TPSA) is 55.1 Å². The van der Waals surface area contributed by atoms with E-state index in [0.717, 1.165) is 22.9 Å². The minimum atomic E-state index is -0.352. The summed E-state index contributed by atoms with van der Waals surface area (Å²) >= 11 is 3.42. The van der Waals surface area contributed by atoms with Crippen molar-refractivity contribution in [1.29, 1.82) is 0 Å². The van der Waals surface area contributed by atoms with Crippen molar-refractivity contribution >= 4 is 21.8 Å². The maximum absolute atomic E-state index is 12.1. The molecule has 1 unspecified atom stereocenters. The number of halogens is 1. The summed E-state index contributed by atoms with van der Waals surface area (Å²) < 4.78 is 1.04. The van der Waals surface area contributed by atoms with E-state index in [9.17, 15) is 4.79 Å². The maximum atomic E-state index is 12.1. The Kier molecular flexibility index (Phi) is 6.69. The lowest BCUT2D eigenvalue weighted by Crippen LogP contribution is -2.41. The molecule has 0 heterocycles. The third-order valence-corrected chi connectivity index (χ3v) is 4.07. The highest BCUT2D eigenvalue weighted by Gasteiger charge is 2.22. The van der Waals surface area contributed by atoms with Gasteiger partial charge in [-0.15, -0.1) is 0 Å². The van der Waals surface area contributed by atoms with Crippen molar-refractivity contribution in [3.05, 3.63) is 34.3 Å². The van der Waals surface area contributed by atoms with Gasteiger partial charge >= 0.3 is 0 Å². The summed E-state index contributed by atoms with van der Waals surface area (Å²) in [5.74, 6) is 0.600. The lowest BCUT2D eigenvalue weighted by atomic mass is 9.93. The minimum Gasteiger partial charge on any atom is -0.347 e. The molecular weight excluding hydrogens is 316 g/mol. The molecule has 0 aliphatic heterocycles. The van der Waals surface area contributed by atoms with Gasteiger partial charge in [0.1, 0.15) is 0 Å². The highest BCUT2D eigenvalue weighted by molar-refractivity contribution is 9.10. The van der Waals surface area contributed by atoms with Crippen LogP contribution in [0, 0.1) is 5.92 Å². The summed E-state index contributed by atoms with van der Waals surface area (Å²) in [7, 11) is 0. The van der Waals surface area contributed by atoms with Crippen molar-refractivity contribution in [1.82, 2.24) is 5.32 Å². The molecule has 3 N–H and O–H groups in total. The van der Waals surface area contributed by atoms with Gasteiger partial charge in [0.2, 0.25) is 5.91 Å². The average Bonchev–Trinajstić information content (AvgIpc) is 2.37. The monoisotopic (exact) mass is 340 g/mol. The third kappa shape index (κ3) is 5.63. The molecule has 0 aromatic heterocycles. The molecule has 1 rings (SSSR count). The van der Waals surface area contributed by atoms with Crippen molar-refractivity contribution < 1.29 is 4.79 Å². The zero-order valence-corrected chi connectivity index (χ0v) is 14.2. The molecule has 1 aromatic carbocycles. The molecule has 0 radical (unpaired) electrons. The Balaban J connectivity index is 2.53. The Morgan fingerprint density at radius 1 is 1.30 bits per heavy atom. The van der Waals surface area contributed by atoms with Crippen LogP contribution in [0.5, 0.6) is 0 Å². The number of nitrogens with one attached hydrogen (secondary N) is 1. The molecule has 0 bridgehead atoms. The summed E-state index contributed by atoms with van der Waals surface area (Å²) in [4.78, 5) is 12.1. The molecule has 20 heavy (non-hydrogen) atoms. The van der Waals surface area contributed by atoms with Crippen LogP contribution in [0.4, 0.5) is 0 Å². The van der Waals surface area contributed by atoms with Crippen molar-refractivity contribution in [3.8, 4) is 0 Å². The van der Waals surface area contributed by atoms with Crippen LogP contribution < -0.4 is 11.1 Å². The Labute approximate surface area is 130 Å². The van der Waals surface area contributed by atoms with Crippen LogP contribution in [0.2, 0.25) is 0 Å². The number of rotatable bonds is 7. The zero-order chi connectivity index (χ0) is 15.2. The van der Waals surface area contributed by atoms with Crippen LogP contribution in [-0.4, -0.2) is 12.5 Å². The molecule has 0 aliphatic rings. The molecule has 1 atom stereocenters. The van der Waals surface area contributed by atoms with Crippen LogP contribution in [0.25, 0.3) is 0 Å². The number of amides is 1. The highest BCUT2D eigenvalue weighted by Crippen LogP contribution is 2.22. The van der Waals surface area contributed by atoms with E-state index >= 15 is 0 Å². The van der Waals surface area contributed by atoms with Crippen molar-refractivity contribution in [2.24, 2.45) is 11.7 Å². The Morgan fingerprint density at radius 3 is 2.45 bits per heavy atom. The third-order valence-electron chi connectivity index (χ3n) is 3.54. The molecule has 112 valence electrons. The second-order valence-electron chi connectivity index (χ2n) is 5.90. The number of hydrogen-bond donors (Lipinski definition) is 2. The van der Waals surface area contributed by atoms with Crippen LogP contribution in [-0.2, 0) is 10.3 Å². The Bertz CT molecular complexity index is 429. The average molecular weight is 341 g/mol. The lowest BCUT2D eigenvalue weighted by Gasteiger charge is -2.27. The summed E-state index contributed by atoms with van der Waals surface area (Å²) in [6, 6.07) is 8.04. The van der Waals surface area contributed by atoms with Gasteiger partial charge in [-0.25, -0.2) is 0 Å². The SMILES string of the molecule is CC(CCN)CCC(=O)NC(C)(C)c1ccc(Br)cc1. The van der Waals surface area contributed by atoms with E-state index in [1.165, 1.54) is 0 Å². The van der Waals surface area contributed by atoms with Crippen molar-refractivity contribution in [2.45, 2.75) is 45.6 Å².